The molecule has 0 spiro atoms. The summed E-state index contributed by atoms with van der Waals surface area (Å²) in [4.78, 5) is 0. The second kappa shape index (κ2) is 2.69. The zero-order valence-corrected chi connectivity index (χ0v) is 7.87. The first-order chi connectivity index (χ1) is 5.57. The second-order valence-corrected chi connectivity index (χ2v) is 4.09. The summed E-state index contributed by atoms with van der Waals surface area (Å²) < 4.78 is 16.8. The number of hydrogen-bond acceptors (Lipinski definition) is 3. The van der Waals surface area contributed by atoms with Crippen molar-refractivity contribution in [3.63, 3.8) is 0 Å². The Morgan fingerprint density at radius 3 is 2.75 bits per heavy atom. The lowest BCUT2D eigenvalue weighted by atomic mass is 10.1. The Balaban J connectivity index is 2.02. The van der Waals surface area contributed by atoms with Crippen molar-refractivity contribution >= 4 is 0 Å². The Kier molecular flexibility index (Phi) is 1.90. The quantitative estimate of drug-likeness (QED) is 0.551. The predicted molar refractivity (Wildman–Crippen MR) is 43.9 cm³/mol. The lowest BCUT2D eigenvalue weighted by Gasteiger charge is -2.37. The molecule has 2 aliphatic heterocycles. The summed E-state index contributed by atoms with van der Waals surface area (Å²) in [6, 6.07) is 0. The molecule has 3 atom stereocenters. The van der Waals surface area contributed by atoms with Crippen molar-refractivity contribution in [2.24, 2.45) is 0 Å². The van der Waals surface area contributed by atoms with Gasteiger partial charge in [0.2, 0.25) is 0 Å². The summed E-state index contributed by atoms with van der Waals surface area (Å²) in [6.45, 7) is 6.65. The maximum absolute atomic E-state index is 5.72. The predicted octanol–water partition coefficient (Wildman–Crippen LogP) is 1.32. The molecule has 0 radical (unpaired) electrons. The molecular formula is C9H16O3. The van der Waals surface area contributed by atoms with Crippen molar-refractivity contribution in [3.05, 3.63) is 0 Å². The fourth-order valence-corrected chi connectivity index (χ4v) is 1.87. The molecule has 0 amide bonds. The van der Waals surface area contributed by atoms with E-state index < -0.39 is 5.79 Å². The summed E-state index contributed by atoms with van der Waals surface area (Å²) in [5.41, 5.74) is 0. The molecule has 0 aliphatic carbocycles. The van der Waals surface area contributed by atoms with Crippen LogP contribution in [0.15, 0.2) is 0 Å². The van der Waals surface area contributed by atoms with Crippen LogP contribution in [0.4, 0.5) is 0 Å². The first-order valence-corrected chi connectivity index (χ1v) is 4.54. The van der Waals surface area contributed by atoms with Crippen molar-refractivity contribution < 1.29 is 14.2 Å². The Hall–Kier alpha value is -0.120. The van der Waals surface area contributed by atoms with Crippen molar-refractivity contribution in [2.75, 3.05) is 6.61 Å². The SMILES string of the molecule is CC1CC2OC(C)(C)OC[C@H]2O1. The molecule has 0 N–H and O–H groups in total. The van der Waals surface area contributed by atoms with E-state index in [-0.39, 0.29) is 12.2 Å². The largest absolute Gasteiger partial charge is 0.370 e. The molecule has 0 aromatic heterocycles. The minimum atomic E-state index is -0.422. The molecule has 0 aromatic carbocycles. The molecule has 2 saturated heterocycles. The van der Waals surface area contributed by atoms with Gasteiger partial charge in [-0.05, 0) is 20.8 Å². The molecular weight excluding hydrogens is 156 g/mol. The first kappa shape index (κ1) is 8.48. The van der Waals surface area contributed by atoms with Crippen molar-refractivity contribution in [1.29, 1.82) is 0 Å². The van der Waals surface area contributed by atoms with Crippen LogP contribution >= 0.6 is 0 Å². The fourth-order valence-electron chi connectivity index (χ4n) is 1.87. The van der Waals surface area contributed by atoms with Crippen LogP contribution in [0.1, 0.15) is 27.2 Å². The van der Waals surface area contributed by atoms with Gasteiger partial charge in [-0.3, -0.25) is 0 Å². The molecule has 70 valence electrons. The zero-order chi connectivity index (χ0) is 8.77. The van der Waals surface area contributed by atoms with E-state index in [1.54, 1.807) is 0 Å². The normalized spacial score (nSPS) is 45.8. The summed E-state index contributed by atoms with van der Waals surface area (Å²) in [5, 5.41) is 0. The number of hydrogen-bond donors (Lipinski definition) is 0. The number of ether oxygens (including phenoxy) is 3. The van der Waals surface area contributed by atoms with Crippen LogP contribution in [0.5, 0.6) is 0 Å². The highest BCUT2D eigenvalue weighted by Gasteiger charge is 2.42. The van der Waals surface area contributed by atoms with Gasteiger partial charge in [0.15, 0.2) is 5.79 Å². The highest BCUT2D eigenvalue weighted by molar-refractivity contribution is 4.85. The molecule has 2 rings (SSSR count). The van der Waals surface area contributed by atoms with E-state index in [4.69, 9.17) is 14.2 Å². The van der Waals surface area contributed by atoms with Gasteiger partial charge in [-0.2, -0.15) is 0 Å². The van der Waals surface area contributed by atoms with E-state index in [1.807, 2.05) is 13.8 Å². The fraction of sp³-hybridized carbons (Fsp3) is 1.00. The van der Waals surface area contributed by atoms with Gasteiger partial charge in [-0.1, -0.05) is 0 Å². The van der Waals surface area contributed by atoms with E-state index in [0.717, 1.165) is 6.42 Å². The Morgan fingerprint density at radius 2 is 2.00 bits per heavy atom. The first-order valence-electron chi connectivity index (χ1n) is 4.54. The summed E-state index contributed by atoms with van der Waals surface area (Å²) in [7, 11) is 0. The minimum Gasteiger partial charge on any atom is -0.370 e. The third kappa shape index (κ3) is 1.49. The maximum atomic E-state index is 5.72. The lowest BCUT2D eigenvalue weighted by Crippen LogP contribution is -2.46. The van der Waals surface area contributed by atoms with Crippen LogP contribution < -0.4 is 0 Å². The third-order valence-corrected chi connectivity index (χ3v) is 2.42. The smallest absolute Gasteiger partial charge is 0.163 e. The van der Waals surface area contributed by atoms with Crippen molar-refractivity contribution in [3.8, 4) is 0 Å². The van der Waals surface area contributed by atoms with E-state index >= 15 is 0 Å². The van der Waals surface area contributed by atoms with E-state index in [9.17, 15) is 0 Å². The Bertz CT molecular complexity index is 179. The van der Waals surface area contributed by atoms with Gasteiger partial charge in [-0.15, -0.1) is 0 Å². The minimum absolute atomic E-state index is 0.160. The topological polar surface area (TPSA) is 27.7 Å². The van der Waals surface area contributed by atoms with Gasteiger partial charge >= 0.3 is 0 Å². The van der Waals surface area contributed by atoms with Crippen LogP contribution in [0.25, 0.3) is 0 Å². The molecule has 2 fully saturated rings. The van der Waals surface area contributed by atoms with Gasteiger partial charge in [0.1, 0.15) is 6.10 Å². The van der Waals surface area contributed by atoms with Gasteiger partial charge in [0.25, 0.3) is 0 Å². The molecule has 0 bridgehead atoms. The van der Waals surface area contributed by atoms with Crippen LogP contribution in [0.3, 0.4) is 0 Å². The monoisotopic (exact) mass is 172 g/mol. The average Bonchev–Trinajstić information content (AvgIpc) is 2.26. The molecule has 2 aliphatic rings. The van der Waals surface area contributed by atoms with Gasteiger partial charge < -0.3 is 14.2 Å². The molecule has 2 unspecified atom stereocenters. The molecule has 0 aromatic rings. The van der Waals surface area contributed by atoms with Crippen molar-refractivity contribution in [1.82, 2.24) is 0 Å². The molecule has 0 saturated carbocycles. The Morgan fingerprint density at radius 1 is 1.25 bits per heavy atom. The Labute approximate surface area is 73.0 Å². The van der Waals surface area contributed by atoms with Gasteiger partial charge in [0.05, 0.1) is 18.8 Å². The van der Waals surface area contributed by atoms with Gasteiger partial charge in [-0.25, -0.2) is 0 Å². The lowest BCUT2D eigenvalue weighted by molar-refractivity contribution is -0.293. The second-order valence-electron chi connectivity index (χ2n) is 4.09. The summed E-state index contributed by atoms with van der Waals surface area (Å²) >= 11 is 0. The van der Waals surface area contributed by atoms with Gasteiger partial charge in [0, 0.05) is 6.42 Å². The van der Waals surface area contributed by atoms with E-state index in [2.05, 4.69) is 6.92 Å². The third-order valence-electron chi connectivity index (χ3n) is 2.42. The summed E-state index contributed by atoms with van der Waals surface area (Å²) in [5.74, 6) is -0.422. The molecule has 12 heavy (non-hydrogen) atoms. The molecule has 2 heterocycles. The van der Waals surface area contributed by atoms with E-state index in [0.29, 0.717) is 12.7 Å². The van der Waals surface area contributed by atoms with Crippen LogP contribution in [-0.4, -0.2) is 30.7 Å². The zero-order valence-electron chi connectivity index (χ0n) is 7.87. The average molecular weight is 172 g/mol. The van der Waals surface area contributed by atoms with Crippen LogP contribution in [0, 0.1) is 0 Å². The highest BCUT2D eigenvalue weighted by Crippen LogP contribution is 2.32. The number of fused-ring (bicyclic) bond motifs is 1. The highest BCUT2D eigenvalue weighted by atomic mass is 16.7. The molecule has 3 heteroatoms. The number of rotatable bonds is 0. The summed E-state index contributed by atoms with van der Waals surface area (Å²) in [6.07, 6.45) is 1.71. The van der Waals surface area contributed by atoms with Crippen molar-refractivity contribution in [2.45, 2.75) is 51.3 Å². The van der Waals surface area contributed by atoms with Crippen LogP contribution in [-0.2, 0) is 14.2 Å². The van der Waals surface area contributed by atoms with Crippen LogP contribution in [0.2, 0.25) is 0 Å². The molecule has 3 nitrogen and oxygen atoms in total. The maximum Gasteiger partial charge on any atom is 0.163 e. The van der Waals surface area contributed by atoms with E-state index in [1.165, 1.54) is 0 Å². The standard InChI is InChI=1S/C9H16O3/c1-6-4-7-8(11-6)5-10-9(2,3)12-7/h6-8H,4-5H2,1-3H3/t6?,7?,8-/m1/s1.